The van der Waals surface area contributed by atoms with Gasteiger partial charge in [-0.1, -0.05) is 11.6 Å². The third-order valence-corrected chi connectivity index (χ3v) is 4.13. The molecule has 0 amide bonds. The standard InChI is InChI=1S/C19H13ClFN5O/c1-27-16-10-22-8-6-15(16)24-18-12-3-2-7-23-17(12)25-19(26-18)13-9-11(20)4-5-14(13)21/h2-10H,1H3,(H,22,23,24,25,26). The number of rotatable bonds is 4. The summed E-state index contributed by atoms with van der Waals surface area (Å²) >= 11 is 6.02. The van der Waals surface area contributed by atoms with Crippen molar-refractivity contribution in [3.63, 3.8) is 0 Å². The maximum Gasteiger partial charge on any atom is 0.167 e. The number of nitrogens with zero attached hydrogens (tertiary/aromatic N) is 4. The average molecular weight is 382 g/mol. The van der Waals surface area contributed by atoms with Crippen LogP contribution in [0.3, 0.4) is 0 Å². The van der Waals surface area contributed by atoms with E-state index in [1.165, 1.54) is 18.2 Å². The second kappa shape index (κ2) is 7.13. The Hall–Kier alpha value is -3.32. The van der Waals surface area contributed by atoms with Crippen LogP contribution in [0.25, 0.3) is 22.4 Å². The second-order valence-electron chi connectivity index (χ2n) is 5.60. The smallest absolute Gasteiger partial charge is 0.167 e. The SMILES string of the molecule is COc1cnccc1Nc1nc(-c2cc(Cl)ccc2F)nc2ncccc12. The van der Waals surface area contributed by atoms with Gasteiger partial charge in [0.15, 0.2) is 17.2 Å². The van der Waals surface area contributed by atoms with E-state index in [1.807, 2.05) is 6.07 Å². The monoisotopic (exact) mass is 381 g/mol. The minimum Gasteiger partial charge on any atom is -0.493 e. The number of nitrogens with one attached hydrogen (secondary N) is 1. The molecule has 0 aliphatic heterocycles. The third kappa shape index (κ3) is 3.37. The predicted molar refractivity (Wildman–Crippen MR) is 102 cm³/mol. The summed E-state index contributed by atoms with van der Waals surface area (Å²) in [5.74, 6) is 0.717. The van der Waals surface area contributed by atoms with Gasteiger partial charge in [0.2, 0.25) is 0 Å². The molecule has 0 aliphatic carbocycles. The molecular formula is C19H13ClFN5O. The summed E-state index contributed by atoms with van der Waals surface area (Å²) in [4.78, 5) is 17.2. The molecule has 0 spiro atoms. The van der Waals surface area contributed by atoms with E-state index in [2.05, 4.69) is 25.3 Å². The van der Waals surface area contributed by atoms with E-state index < -0.39 is 5.82 Å². The fraction of sp³-hybridized carbons (Fsp3) is 0.0526. The highest BCUT2D eigenvalue weighted by Gasteiger charge is 2.15. The van der Waals surface area contributed by atoms with Gasteiger partial charge in [-0.05, 0) is 36.4 Å². The van der Waals surface area contributed by atoms with Gasteiger partial charge in [0.05, 0.1) is 29.9 Å². The van der Waals surface area contributed by atoms with Gasteiger partial charge in [-0.25, -0.2) is 19.3 Å². The fourth-order valence-electron chi connectivity index (χ4n) is 2.62. The predicted octanol–water partition coefficient (Wildman–Crippen LogP) is 4.63. The van der Waals surface area contributed by atoms with Crippen molar-refractivity contribution in [1.82, 2.24) is 19.9 Å². The molecule has 4 rings (SSSR count). The molecule has 6 nitrogen and oxygen atoms in total. The van der Waals surface area contributed by atoms with E-state index in [-0.39, 0.29) is 11.4 Å². The first-order valence-corrected chi connectivity index (χ1v) is 8.36. The molecule has 0 bridgehead atoms. The minimum atomic E-state index is -0.470. The molecule has 0 saturated heterocycles. The van der Waals surface area contributed by atoms with Crippen LogP contribution in [0.1, 0.15) is 0 Å². The summed E-state index contributed by atoms with van der Waals surface area (Å²) in [5, 5.41) is 4.27. The Morgan fingerprint density at radius 1 is 1.11 bits per heavy atom. The first kappa shape index (κ1) is 17.1. The molecular weight excluding hydrogens is 369 g/mol. The number of anilines is 2. The van der Waals surface area contributed by atoms with Crippen molar-refractivity contribution in [2.24, 2.45) is 0 Å². The van der Waals surface area contributed by atoms with Gasteiger partial charge in [0.25, 0.3) is 0 Å². The Bertz CT molecular complexity index is 1140. The Morgan fingerprint density at radius 2 is 2.00 bits per heavy atom. The molecule has 4 aromatic rings. The van der Waals surface area contributed by atoms with Crippen LogP contribution >= 0.6 is 11.6 Å². The van der Waals surface area contributed by atoms with Gasteiger partial charge in [0, 0.05) is 17.4 Å². The van der Waals surface area contributed by atoms with E-state index in [1.54, 1.807) is 37.8 Å². The number of methoxy groups -OCH3 is 1. The van der Waals surface area contributed by atoms with E-state index >= 15 is 0 Å². The highest BCUT2D eigenvalue weighted by Crippen LogP contribution is 2.31. The zero-order chi connectivity index (χ0) is 18.8. The normalized spacial score (nSPS) is 10.8. The largest absolute Gasteiger partial charge is 0.493 e. The third-order valence-electron chi connectivity index (χ3n) is 3.90. The zero-order valence-electron chi connectivity index (χ0n) is 14.1. The number of benzene rings is 1. The zero-order valence-corrected chi connectivity index (χ0v) is 14.9. The fourth-order valence-corrected chi connectivity index (χ4v) is 2.79. The van der Waals surface area contributed by atoms with Crippen molar-refractivity contribution < 1.29 is 9.13 Å². The Balaban J connectivity index is 1.90. The lowest BCUT2D eigenvalue weighted by Gasteiger charge is -2.13. The van der Waals surface area contributed by atoms with Gasteiger partial charge in [0.1, 0.15) is 11.6 Å². The van der Waals surface area contributed by atoms with E-state index in [4.69, 9.17) is 16.3 Å². The summed E-state index contributed by atoms with van der Waals surface area (Å²) < 4.78 is 19.6. The molecule has 0 saturated carbocycles. The highest BCUT2D eigenvalue weighted by atomic mass is 35.5. The summed E-state index contributed by atoms with van der Waals surface area (Å²) in [6.07, 6.45) is 4.83. The van der Waals surface area contributed by atoms with Gasteiger partial charge >= 0.3 is 0 Å². The van der Waals surface area contributed by atoms with E-state index in [0.29, 0.717) is 33.3 Å². The van der Waals surface area contributed by atoms with Crippen LogP contribution < -0.4 is 10.1 Å². The lowest BCUT2D eigenvalue weighted by atomic mass is 10.2. The molecule has 0 radical (unpaired) electrons. The maximum atomic E-state index is 14.3. The summed E-state index contributed by atoms with van der Waals surface area (Å²) in [6, 6.07) is 9.60. The molecule has 3 heterocycles. The lowest BCUT2D eigenvalue weighted by Crippen LogP contribution is -2.02. The molecule has 1 aromatic carbocycles. The van der Waals surface area contributed by atoms with Gasteiger partial charge in [-0.2, -0.15) is 0 Å². The summed E-state index contributed by atoms with van der Waals surface area (Å²) in [7, 11) is 1.55. The van der Waals surface area contributed by atoms with Crippen molar-refractivity contribution in [3.05, 3.63) is 65.8 Å². The number of halogens is 2. The number of hydrogen-bond acceptors (Lipinski definition) is 6. The van der Waals surface area contributed by atoms with Crippen molar-refractivity contribution in [3.8, 4) is 17.1 Å². The number of aromatic nitrogens is 4. The number of fused-ring (bicyclic) bond motifs is 1. The van der Waals surface area contributed by atoms with Crippen LogP contribution in [0, 0.1) is 5.82 Å². The van der Waals surface area contributed by atoms with E-state index in [9.17, 15) is 4.39 Å². The maximum absolute atomic E-state index is 14.3. The second-order valence-corrected chi connectivity index (χ2v) is 6.03. The Kier molecular flexibility index (Phi) is 4.52. The van der Waals surface area contributed by atoms with Crippen LogP contribution in [-0.4, -0.2) is 27.0 Å². The molecule has 8 heteroatoms. The van der Waals surface area contributed by atoms with Crippen molar-refractivity contribution in [2.45, 2.75) is 0 Å². The Labute approximate surface area is 159 Å². The quantitative estimate of drug-likeness (QED) is 0.555. The van der Waals surface area contributed by atoms with Crippen molar-refractivity contribution in [1.29, 1.82) is 0 Å². The number of hydrogen-bond donors (Lipinski definition) is 1. The summed E-state index contributed by atoms with van der Waals surface area (Å²) in [6.45, 7) is 0. The molecule has 1 N–H and O–H groups in total. The highest BCUT2D eigenvalue weighted by molar-refractivity contribution is 6.30. The molecule has 0 fully saturated rings. The molecule has 0 unspecified atom stereocenters. The van der Waals surface area contributed by atoms with Crippen LogP contribution in [0.5, 0.6) is 5.75 Å². The molecule has 3 aromatic heterocycles. The molecule has 0 atom stereocenters. The van der Waals surface area contributed by atoms with Gasteiger partial charge in [-0.15, -0.1) is 0 Å². The van der Waals surface area contributed by atoms with Crippen molar-refractivity contribution >= 4 is 34.1 Å². The average Bonchev–Trinajstić information content (AvgIpc) is 2.70. The number of pyridine rings is 2. The van der Waals surface area contributed by atoms with Gasteiger partial charge in [-0.3, -0.25) is 4.98 Å². The molecule has 27 heavy (non-hydrogen) atoms. The topological polar surface area (TPSA) is 72.8 Å². The number of ether oxygens (including phenoxy) is 1. The van der Waals surface area contributed by atoms with Crippen LogP contribution in [0.15, 0.2) is 55.0 Å². The van der Waals surface area contributed by atoms with Crippen LogP contribution in [-0.2, 0) is 0 Å². The van der Waals surface area contributed by atoms with Crippen LogP contribution in [0.2, 0.25) is 5.02 Å². The van der Waals surface area contributed by atoms with E-state index in [0.717, 1.165) is 0 Å². The van der Waals surface area contributed by atoms with Crippen LogP contribution in [0.4, 0.5) is 15.9 Å². The van der Waals surface area contributed by atoms with Crippen molar-refractivity contribution in [2.75, 3.05) is 12.4 Å². The first-order chi connectivity index (χ1) is 13.2. The molecule has 134 valence electrons. The Morgan fingerprint density at radius 3 is 2.85 bits per heavy atom. The lowest BCUT2D eigenvalue weighted by molar-refractivity contribution is 0.415. The summed E-state index contributed by atoms with van der Waals surface area (Å²) in [5.41, 5.74) is 1.28. The minimum absolute atomic E-state index is 0.178. The molecule has 0 aliphatic rings. The van der Waals surface area contributed by atoms with Gasteiger partial charge < -0.3 is 10.1 Å². The first-order valence-electron chi connectivity index (χ1n) is 7.99.